The minimum absolute atomic E-state index is 0.0295. The third kappa shape index (κ3) is 4.91. The van der Waals surface area contributed by atoms with E-state index >= 15 is 0 Å². The van der Waals surface area contributed by atoms with E-state index in [1.54, 1.807) is 12.1 Å². The van der Waals surface area contributed by atoms with E-state index in [-0.39, 0.29) is 23.4 Å². The molecule has 1 N–H and O–H groups in total. The summed E-state index contributed by atoms with van der Waals surface area (Å²) in [5.74, 6) is 0.400. The van der Waals surface area contributed by atoms with Crippen LogP contribution in [0.15, 0.2) is 24.3 Å². The molecule has 2 fully saturated rings. The highest BCUT2D eigenvalue weighted by Crippen LogP contribution is 2.24. The minimum atomic E-state index is -0.324. The molecule has 2 atom stereocenters. The molecule has 2 aliphatic rings. The van der Waals surface area contributed by atoms with Crippen molar-refractivity contribution in [1.29, 1.82) is 0 Å². The molecule has 1 amide bonds. The minimum Gasteiger partial charge on any atom is -0.352 e. The van der Waals surface area contributed by atoms with Gasteiger partial charge in [-0.15, -0.1) is 0 Å². The number of likely N-dealkylation sites (tertiary alicyclic amines) is 1. The van der Waals surface area contributed by atoms with Crippen molar-refractivity contribution in [3.8, 4) is 0 Å². The van der Waals surface area contributed by atoms with Crippen molar-refractivity contribution in [3.63, 3.8) is 0 Å². The molecule has 0 spiro atoms. The van der Waals surface area contributed by atoms with Crippen LogP contribution < -0.4 is 5.32 Å². The standard InChI is InChI=1S/C21H29FN2O2/c1-15-4-2-3-5-19(15)23-20(25)14-24-12-10-17(11-13-24)21(26)16-6-8-18(22)9-7-16/h6-9,15,17,19H,2-5,10-14H2,1H3,(H,23,25). The summed E-state index contributed by atoms with van der Waals surface area (Å²) in [7, 11) is 0. The van der Waals surface area contributed by atoms with Gasteiger partial charge in [0.25, 0.3) is 0 Å². The molecule has 0 aromatic heterocycles. The highest BCUT2D eigenvalue weighted by Gasteiger charge is 2.28. The summed E-state index contributed by atoms with van der Waals surface area (Å²) in [6.07, 6.45) is 6.25. The van der Waals surface area contributed by atoms with Gasteiger partial charge in [0, 0.05) is 17.5 Å². The SMILES string of the molecule is CC1CCCCC1NC(=O)CN1CCC(C(=O)c2ccc(F)cc2)CC1. The average Bonchev–Trinajstić information content (AvgIpc) is 2.64. The molecule has 1 saturated carbocycles. The quantitative estimate of drug-likeness (QED) is 0.819. The number of hydrogen-bond acceptors (Lipinski definition) is 3. The van der Waals surface area contributed by atoms with E-state index in [1.807, 2.05) is 0 Å². The molecule has 1 heterocycles. The summed E-state index contributed by atoms with van der Waals surface area (Å²) >= 11 is 0. The zero-order valence-electron chi connectivity index (χ0n) is 15.5. The highest BCUT2D eigenvalue weighted by molar-refractivity contribution is 5.97. The molecule has 1 aromatic carbocycles. The first kappa shape index (κ1) is 19.0. The van der Waals surface area contributed by atoms with Crippen molar-refractivity contribution in [3.05, 3.63) is 35.6 Å². The van der Waals surface area contributed by atoms with Crippen molar-refractivity contribution < 1.29 is 14.0 Å². The zero-order chi connectivity index (χ0) is 18.5. The second-order valence-electron chi connectivity index (χ2n) is 7.86. The Morgan fingerprint density at radius 1 is 1.08 bits per heavy atom. The summed E-state index contributed by atoms with van der Waals surface area (Å²) < 4.78 is 13.0. The van der Waals surface area contributed by atoms with E-state index < -0.39 is 0 Å². The fourth-order valence-electron chi connectivity index (χ4n) is 4.19. The third-order valence-corrected chi connectivity index (χ3v) is 5.91. The Hall–Kier alpha value is -1.75. The Kier molecular flexibility index (Phi) is 6.41. The lowest BCUT2D eigenvalue weighted by molar-refractivity contribution is -0.123. The number of carbonyl (C=O) groups excluding carboxylic acids is 2. The van der Waals surface area contributed by atoms with E-state index in [4.69, 9.17) is 0 Å². The van der Waals surface area contributed by atoms with E-state index in [1.165, 1.54) is 31.4 Å². The molecular formula is C21H29FN2O2. The highest BCUT2D eigenvalue weighted by atomic mass is 19.1. The Morgan fingerprint density at radius 3 is 2.38 bits per heavy atom. The lowest BCUT2D eigenvalue weighted by Crippen LogP contribution is -2.47. The Morgan fingerprint density at radius 2 is 1.73 bits per heavy atom. The monoisotopic (exact) mass is 360 g/mol. The van der Waals surface area contributed by atoms with Crippen LogP contribution in [0.5, 0.6) is 0 Å². The van der Waals surface area contributed by atoms with Crippen LogP contribution in [0.2, 0.25) is 0 Å². The summed E-state index contributed by atoms with van der Waals surface area (Å²) in [6.45, 7) is 4.15. The predicted molar refractivity (Wildman–Crippen MR) is 99.5 cm³/mol. The van der Waals surface area contributed by atoms with Crippen molar-refractivity contribution in [2.45, 2.75) is 51.5 Å². The first-order valence-electron chi connectivity index (χ1n) is 9.84. The second kappa shape index (κ2) is 8.76. The van der Waals surface area contributed by atoms with Crippen molar-refractivity contribution in [2.75, 3.05) is 19.6 Å². The van der Waals surface area contributed by atoms with Gasteiger partial charge in [-0.25, -0.2) is 4.39 Å². The molecule has 3 rings (SSSR count). The maximum Gasteiger partial charge on any atom is 0.234 e. The number of halogens is 1. The van der Waals surface area contributed by atoms with Crippen LogP contribution >= 0.6 is 0 Å². The molecule has 0 bridgehead atoms. The van der Waals surface area contributed by atoms with Gasteiger partial charge in [0.05, 0.1) is 6.54 Å². The van der Waals surface area contributed by atoms with Crippen LogP contribution in [-0.4, -0.2) is 42.3 Å². The van der Waals surface area contributed by atoms with Crippen LogP contribution in [0, 0.1) is 17.7 Å². The summed E-state index contributed by atoms with van der Waals surface area (Å²) in [5.41, 5.74) is 0.578. The first-order valence-corrected chi connectivity index (χ1v) is 9.84. The van der Waals surface area contributed by atoms with Gasteiger partial charge in [-0.2, -0.15) is 0 Å². The normalized spacial score (nSPS) is 25.0. The number of carbonyl (C=O) groups is 2. The summed E-state index contributed by atoms with van der Waals surface area (Å²) in [4.78, 5) is 27.0. The number of rotatable bonds is 5. The molecule has 4 nitrogen and oxygen atoms in total. The lowest BCUT2D eigenvalue weighted by Gasteiger charge is -2.33. The van der Waals surface area contributed by atoms with Crippen LogP contribution in [0.3, 0.4) is 0 Å². The van der Waals surface area contributed by atoms with Gasteiger partial charge in [0.2, 0.25) is 5.91 Å². The van der Waals surface area contributed by atoms with E-state index in [2.05, 4.69) is 17.1 Å². The van der Waals surface area contributed by atoms with Gasteiger partial charge in [0.1, 0.15) is 5.82 Å². The number of nitrogens with zero attached hydrogens (tertiary/aromatic N) is 1. The van der Waals surface area contributed by atoms with Gasteiger partial charge < -0.3 is 5.32 Å². The fourth-order valence-corrected chi connectivity index (χ4v) is 4.19. The third-order valence-electron chi connectivity index (χ3n) is 5.91. The molecule has 1 saturated heterocycles. The van der Waals surface area contributed by atoms with Gasteiger partial charge in [-0.1, -0.05) is 19.8 Å². The largest absolute Gasteiger partial charge is 0.352 e. The number of nitrogens with one attached hydrogen (secondary N) is 1. The molecule has 0 radical (unpaired) electrons. The molecule has 1 aromatic rings. The van der Waals surface area contributed by atoms with Gasteiger partial charge >= 0.3 is 0 Å². The van der Waals surface area contributed by atoms with Crippen LogP contribution in [0.1, 0.15) is 55.8 Å². The number of piperidine rings is 1. The maximum atomic E-state index is 13.0. The Bertz CT molecular complexity index is 623. The molecule has 1 aliphatic heterocycles. The molecular weight excluding hydrogens is 331 g/mol. The topological polar surface area (TPSA) is 49.4 Å². The molecule has 5 heteroatoms. The fraction of sp³-hybridized carbons (Fsp3) is 0.619. The maximum absolute atomic E-state index is 13.0. The number of Topliss-reactive ketones (excluding diaryl/α,β-unsaturated/α-hetero) is 1. The van der Waals surface area contributed by atoms with Gasteiger partial charge in [-0.05, 0) is 69.0 Å². The van der Waals surface area contributed by atoms with Crippen LogP contribution in [-0.2, 0) is 4.79 Å². The van der Waals surface area contributed by atoms with Crippen LogP contribution in [0.25, 0.3) is 0 Å². The van der Waals surface area contributed by atoms with Crippen LogP contribution in [0.4, 0.5) is 4.39 Å². The number of ketones is 1. The molecule has 142 valence electrons. The Balaban J connectivity index is 1.44. The first-order chi connectivity index (χ1) is 12.5. The van der Waals surface area contributed by atoms with Gasteiger partial charge in [-0.3, -0.25) is 14.5 Å². The molecule has 2 unspecified atom stereocenters. The van der Waals surface area contributed by atoms with Crippen molar-refractivity contribution in [2.24, 2.45) is 11.8 Å². The van der Waals surface area contributed by atoms with E-state index in [0.29, 0.717) is 24.1 Å². The predicted octanol–water partition coefficient (Wildman–Crippen LogP) is 3.42. The van der Waals surface area contributed by atoms with Crippen molar-refractivity contribution in [1.82, 2.24) is 10.2 Å². The summed E-state index contributed by atoms with van der Waals surface area (Å²) in [6, 6.07) is 6.10. The van der Waals surface area contributed by atoms with Gasteiger partial charge in [0.15, 0.2) is 5.78 Å². The molecule has 1 aliphatic carbocycles. The average molecular weight is 360 g/mol. The van der Waals surface area contributed by atoms with E-state index in [0.717, 1.165) is 32.4 Å². The van der Waals surface area contributed by atoms with E-state index in [9.17, 15) is 14.0 Å². The lowest BCUT2D eigenvalue weighted by atomic mass is 9.86. The number of benzene rings is 1. The number of amides is 1. The second-order valence-corrected chi connectivity index (χ2v) is 7.86. The van der Waals surface area contributed by atoms with Crippen molar-refractivity contribution >= 4 is 11.7 Å². The Labute approximate surface area is 155 Å². The zero-order valence-corrected chi connectivity index (χ0v) is 15.5. The smallest absolute Gasteiger partial charge is 0.234 e. The number of hydrogen-bond donors (Lipinski definition) is 1. The summed E-state index contributed by atoms with van der Waals surface area (Å²) in [5, 5.41) is 3.20. The molecule has 26 heavy (non-hydrogen) atoms.